The van der Waals surface area contributed by atoms with Gasteiger partial charge in [-0.05, 0) is 35.5 Å². The number of para-hydroxylation sites is 2. The molecular weight excluding hydrogens is 422 g/mol. The van der Waals surface area contributed by atoms with Crippen LogP contribution in [0.15, 0.2) is 88.9 Å². The molecule has 32 heavy (non-hydrogen) atoms. The van der Waals surface area contributed by atoms with E-state index in [0.717, 1.165) is 28.6 Å². The Labute approximate surface area is 189 Å². The molecule has 0 radical (unpaired) electrons. The van der Waals surface area contributed by atoms with Gasteiger partial charge in [0.2, 0.25) is 0 Å². The maximum atomic E-state index is 12.6. The first kappa shape index (κ1) is 19.0. The van der Waals surface area contributed by atoms with Gasteiger partial charge in [-0.25, -0.2) is 5.01 Å². The van der Waals surface area contributed by atoms with E-state index < -0.39 is 5.85 Å². The molecule has 158 valence electrons. The monoisotopic (exact) mass is 441 g/mol. The number of aromatic hydroxyl groups is 1. The van der Waals surface area contributed by atoms with Crippen LogP contribution in [0.5, 0.6) is 11.5 Å². The molecule has 3 aromatic rings. The van der Waals surface area contributed by atoms with Crippen LogP contribution in [0.1, 0.15) is 29.2 Å². The van der Waals surface area contributed by atoms with Crippen LogP contribution in [0, 0.1) is 0 Å². The number of benzene rings is 3. The van der Waals surface area contributed by atoms with Crippen molar-refractivity contribution in [3.63, 3.8) is 0 Å². The van der Waals surface area contributed by atoms with Crippen LogP contribution in [0.25, 0.3) is 6.08 Å². The number of thioether (sulfide) groups is 1. The minimum Gasteiger partial charge on any atom is -0.507 e. The van der Waals surface area contributed by atoms with E-state index in [4.69, 9.17) is 9.84 Å². The van der Waals surface area contributed by atoms with Crippen molar-refractivity contribution in [2.45, 2.75) is 18.3 Å². The van der Waals surface area contributed by atoms with Gasteiger partial charge >= 0.3 is 5.85 Å². The van der Waals surface area contributed by atoms with Gasteiger partial charge in [0.05, 0.1) is 16.7 Å². The largest absolute Gasteiger partial charge is 0.507 e. The summed E-state index contributed by atoms with van der Waals surface area (Å²) in [6.07, 6.45) is 2.48. The lowest BCUT2D eigenvalue weighted by Crippen LogP contribution is -2.61. The van der Waals surface area contributed by atoms with Crippen molar-refractivity contribution in [3.05, 3.63) is 100 Å². The van der Waals surface area contributed by atoms with E-state index in [1.54, 1.807) is 24.3 Å². The van der Waals surface area contributed by atoms with Gasteiger partial charge in [0, 0.05) is 17.5 Å². The quantitative estimate of drug-likeness (QED) is 0.580. The van der Waals surface area contributed by atoms with E-state index in [9.17, 15) is 9.90 Å². The number of hydrazone groups is 1. The highest BCUT2D eigenvalue weighted by Gasteiger charge is 2.58. The third-order valence-corrected chi connectivity index (χ3v) is 6.81. The molecule has 1 fully saturated rings. The molecule has 0 saturated carbocycles. The zero-order valence-corrected chi connectivity index (χ0v) is 17.8. The Balaban J connectivity index is 1.53. The number of nitrogens with zero attached hydrogens (tertiary/aromatic N) is 2. The third-order valence-electron chi connectivity index (χ3n) is 5.91. The van der Waals surface area contributed by atoms with E-state index >= 15 is 0 Å². The second-order valence-corrected chi connectivity index (χ2v) is 8.86. The van der Waals surface area contributed by atoms with Crippen molar-refractivity contribution in [1.29, 1.82) is 0 Å². The Bertz CT molecular complexity index is 1290. The minimum atomic E-state index is -1.28. The first-order chi connectivity index (χ1) is 15.6. The molecule has 0 aromatic heterocycles. The van der Waals surface area contributed by atoms with Crippen molar-refractivity contribution >= 4 is 28.8 Å². The molecule has 0 aliphatic carbocycles. The number of hydrogen-bond donors (Lipinski definition) is 2. The normalized spacial score (nSPS) is 24.7. The first-order valence-corrected chi connectivity index (χ1v) is 11.2. The molecule has 0 unspecified atom stereocenters. The maximum Gasteiger partial charge on any atom is 0.314 e. The van der Waals surface area contributed by atoms with Crippen LogP contribution < -0.4 is 10.1 Å². The summed E-state index contributed by atoms with van der Waals surface area (Å²) in [4.78, 5) is 13.3. The fourth-order valence-corrected chi connectivity index (χ4v) is 5.32. The van der Waals surface area contributed by atoms with E-state index in [2.05, 4.69) is 5.32 Å². The van der Waals surface area contributed by atoms with Gasteiger partial charge in [-0.1, -0.05) is 66.7 Å². The van der Waals surface area contributed by atoms with Crippen LogP contribution >= 0.6 is 11.8 Å². The molecule has 3 aliphatic rings. The summed E-state index contributed by atoms with van der Waals surface area (Å²) in [5.74, 6) is -0.429. The summed E-state index contributed by atoms with van der Waals surface area (Å²) in [6, 6.07) is 24.8. The molecule has 0 bridgehead atoms. The van der Waals surface area contributed by atoms with Crippen LogP contribution in [-0.4, -0.2) is 26.9 Å². The zero-order valence-electron chi connectivity index (χ0n) is 16.9. The Morgan fingerprint density at radius 1 is 1.06 bits per heavy atom. The van der Waals surface area contributed by atoms with Crippen molar-refractivity contribution in [2.75, 3.05) is 0 Å². The average Bonchev–Trinajstić information content (AvgIpc) is 3.39. The number of nitrogens with one attached hydrogen (secondary N) is 1. The van der Waals surface area contributed by atoms with E-state index in [1.807, 2.05) is 65.7 Å². The van der Waals surface area contributed by atoms with Gasteiger partial charge in [0.1, 0.15) is 11.5 Å². The summed E-state index contributed by atoms with van der Waals surface area (Å²) in [6.45, 7) is 0. The summed E-state index contributed by atoms with van der Waals surface area (Å²) in [5.41, 5.74) is 3.61. The predicted octanol–water partition coefficient (Wildman–Crippen LogP) is 5.09. The van der Waals surface area contributed by atoms with Crippen LogP contribution in [0.4, 0.5) is 4.79 Å². The molecular formula is C25H19N3O3S. The number of hydrogen-bond acceptors (Lipinski definition) is 6. The second-order valence-electron chi connectivity index (χ2n) is 7.84. The van der Waals surface area contributed by atoms with E-state index in [-0.39, 0.29) is 17.0 Å². The van der Waals surface area contributed by atoms with Gasteiger partial charge in [0.15, 0.2) is 0 Å². The molecule has 6 rings (SSSR count). The summed E-state index contributed by atoms with van der Waals surface area (Å²) >= 11 is 1.06. The number of amides is 1. The number of fused-ring (bicyclic) bond motifs is 4. The average molecular weight is 442 g/mol. The maximum absolute atomic E-state index is 12.6. The number of phenolic OH excluding ortho intramolecular Hbond substituents is 1. The highest BCUT2D eigenvalue weighted by molar-refractivity contribution is 8.17. The zero-order chi connectivity index (χ0) is 21.7. The summed E-state index contributed by atoms with van der Waals surface area (Å²) in [7, 11) is 0. The molecule has 7 heteroatoms. The lowest BCUT2D eigenvalue weighted by Gasteiger charge is -2.45. The predicted molar refractivity (Wildman–Crippen MR) is 124 cm³/mol. The molecule has 2 N–H and O–H groups in total. The lowest BCUT2D eigenvalue weighted by atomic mass is 9.95. The minimum absolute atomic E-state index is 0.0954. The molecule has 1 amide bonds. The van der Waals surface area contributed by atoms with Crippen molar-refractivity contribution in [2.24, 2.45) is 5.10 Å². The van der Waals surface area contributed by atoms with Crippen LogP contribution in [-0.2, 0) is 0 Å². The van der Waals surface area contributed by atoms with Crippen LogP contribution in [0.2, 0.25) is 0 Å². The number of ether oxygens (including phenoxy) is 1. The van der Waals surface area contributed by atoms with Crippen molar-refractivity contribution < 1.29 is 14.6 Å². The summed E-state index contributed by atoms with van der Waals surface area (Å²) < 4.78 is 6.49. The molecule has 6 nitrogen and oxygen atoms in total. The molecule has 3 heterocycles. The highest BCUT2D eigenvalue weighted by atomic mass is 32.2. The lowest BCUT2D eigenvalue weighted by molar-refractivity contribution is -0.0949. The molecule has 1 spiro atoms. The smallest absolute Gasteiger partial charge is 0.314 e. The standard InChI is InChI=1S/C25H19N3O3S/c29-21-12-6-4-10-17(21)14-23-25(26-24(30)32-23)28-20(18-11-5-7-13-22(18)31-25)15-19(27-28)16-8-2-1-3-9-16/h1-14,20,29H,15H2,(H,26,30)/b23-14-/t20-,25+/m1/s1. The van der Waals surface area contributed by atoms with E-state index in [1.165, 1.54) is 0 Å². The SMILES string of the molecule is O=C1N[C@@]2(Oc3ccccc3[C@H]3CC(c4ccccc4)=NN32)/C(=C/c2ccccc2O)S1. The Kier molecular flexibility index (Phi) is 4.26. The Morgan fingerprint density at radius 3 is 2.66 bits per heavy atom. The fraction of sp³-hybridized carbons (Fsp3) is 0.120. The fourth-order valence-electron chi connectivity index (χ4n) is 4.42. The van der Waals surface area contributed by atoms with Gasteiger partial charge in [0.25, 0.3) is 5.24 Å². The van der Waals surface area contributed by atoms with Gasteiger partial charge in [-0.15, -0.1) is 0 Å². The van der Waals surface area contributed by atoms with Crippen LogP contribution in [0.3, 0.4) is 0 Å². The topological polar surface area (TPSA) is 74.2 Å². The molecule has 3 aromatic carbocycles. The number of phenols is 1. The first-order valence-electron chi connectivity index (χ1n) is 10.3. The number of rotatable bonds is 2. The third kappa shape index (κ3) is 2.89. The summed E-state index contributed by atoms with van der Waals surface area (Å²) in [5, 5.41) is 19.9. The molecule has 1 saturated heterocycles. The van der Waals surface area contributed by atoms with Crippen molar-refractivity contribution in [1.82, 2.24) is 10.3 Å². The molecule has 2 atom stereocenters. The van der Waals surface area contributed by atoms with Gasteiger partial charge in [-0.2, -0.15) is 5.10 Å². The Morgan fingerprint density at radius 2 is 1.81 bits per heavy atom. The number of carbonyl (C=O) groups excluding carboxylic acids is 1. The van der Waals surface area contributed by atoms with E-state index in [0.29, 0.717) is 22.6 Å². The van der Waals surface area contributed by atoms with Gasteiger partial charge in [-0.3, -0.25) is 10.1 Å². The van der Waals surface area contributed by atoms with Gasteiger partial charge < -0.3 is 9.84 Å². The van der Waals surface area contributed by atoms with Crippen molar-refractivity contribution in [3.8, 4) is 11.5 Å². The second kappa shape index (κ2) is 7.17. The highest BCUT2D eigenvalue weighted by Crippen LogP contribution is 2.52. The number of carbonyl (C=O) groups is 1. The Hall–Kier alpha value is -3.71. The molecule has 3 aliphatic heterocycles.